The molecule has 6 rings (SSSR count). The first-order valence-corrected chi connectivity index (χ1v) is 12.1. The number of carbonyl (C=O) groups is 1. The Morgan fingerprint density at radius 1 is 1.21 bits per heavy atom. The van der Waals surface area contributed by atoms with Crippen molar-refractivity contribution in [2.75, 3.05) is 6.61 Å². The van der Waals surface area contributed by atoms with Gasteiger partial charge in [0.05, 0.1) is 18.6 Å². The number of Topliss-reactive ketones (excluding diaryl/α,β-unsaturated/α-hetero) is 1. The minimum absolute atomic E-state index is 0.0761. The molecule has 5 aliphatic rings. The molecule has 2 N–H and O–H groups in total. The van der Waals surface area contributed by atoms with Gasteiger partial charge in [-0.3, -0.25) is 4.79 Å². The second-order valence-electron chi connectivity index (χ2n) is 11.0. The van der Waals surface area contributed by atoms with E-state index in [1.807, 2.05) is 49.4 Å². The minimum atomic E-state index is -1.67. The van der Waals surface area contributed by atoms with Gasteiger partial charge in [-0.1, -0.05) is 56.0 Å². The number of hydrogen-bond acceptors (Lipinski definition) is 6. The molecule has 0 spiro atoms. The van der Waals surface area contributed by atoms with Crippen molar-refractivity contribution in [1.29, 1.82) is 0 Å². The second kappa shape index (κ2) is 6.99. The molecule has 0 amide bonds. The van der Waals surface area contributed by atoms with E-state index in [4.69, 9.17) is 14.2 Å². The summed E-state index contributed by atoms with van der Waals surface area (Å²) < 4.78 is 20.5. The quantitative estimate of drug-likeness (QED) is 0.666. The number of aliphatic hydroxyl groups is 2. The fraction of sp³-hybridized carbons (Fsp3) is 0.536. The Hall–Kier alpha value is -2.09. The van der Waals surface area contributed by atoms with Gasteiger partial charge in [0.2, 0.25) is 0 Å². The number of aliphatic hydroxyl groups excluding tert-OH is 1. The van der Waals surface area contributed by atoms with Crippen LogP contribution in [0.3, 0.4) is 0 Å². The van der Waals surface area contributed by atoms with Gasteiger partial charge < -0.3 is 24.4 Å². The van der Waals surface area contributed by atoms with Gasteiger partial charge >= 0.3 is 0 Å². The van der Waals surface area contributed by atoms with Gasteiger partial charge in [-0.05, 0) is 48.5 Å². The summed E-state index contributed by atoms with van der Waals surface area (Å²) in [5, 5.41) is 22.1. The average molecular weight is 465 g/mol. The lowest BCUT2D eigenvalue weighted by Crippen LogP contribution is -2.70. The average Bonchev–Trinajstić information content (AvgIpc) is 3.10. The predicted octanol–water partition coefficient (Wildman–Crippen LogP) is 3.24. The highest BCUT2D eigenvalue weighted by Gasteiger charge is 2.79. The highest BCUT2D eigenvalue weighted by molar-refractivity contribution is 6.04. The molecule has 6 heteroatoms. The van der Waals surface area contributed by atoms with Crippen LogP contribution in [0.1, 0.15) is 39.2 Å². The van der Waals surface area contributed by atoms with Crippen LogP contribution in [0.25, 0.3) is 0 Å². The molecule has 3 bridgehead atoms. The Labute approximate surface area is 199 Å². The maximum Gasteiger partial charge on any atom is 0.289 e. The third kappa shape index (κ3) is 2.61. The molecule has 3 aliphatic carbocycles. The van der Waals surface area contributed by atoms with Gasteiger partial charge in [0, 0.05) is 18.3 Å². The summed E-state index contributed by atoms with van der Waals surface area (Å²) in [6.07, 6.45) is 4.51. The Morgan fingerprint density at radius 3 is 2.62 bits per heavy atom. The van der Waals surface area contributed by atoms with Crippen LogP contribution in [0.4, 0.5) is 0 Å². The predicted molar refractivity (Wildman–Crippen MR) is 124 cm³/mol. The van der Waals surface area contributed by atoms with E-state index in [1.54, 1.807) is 6.92 Å². The monoisotopic (exact) mass is 464 g/mol. The van der Waals surface area contributed by atoms with Crippen molar-refractivity contribution in [2.24, 2.45) is 17.8 Å². The fourth-order valence-corrected chi connectivity index (χ4v) is 7.50. The van der Waals surface area contributed by atoms with Crippen LogP contribution >= 0.6 is 0 Å². The van der Waals surface area contributed by atoms with Crippen LogP contribution in [0.2, 0.25) is 0 Å². The molecule has 34 heavy (non-hydrogen) atoms. The molecule has 180 valence electrons. The van der Waals surface area contributed by atoms with Crippen LogP contribution in [0.15, 0.2) is 65.8 Å². The van der Waals surface area contributed by atoms with Gasteiger partial charge in [0.1, 0.15) is 17.3 Å². The van der Waals surface area contributed by atoms with Crippen molar-refractivity contribution in [3.8, 4) is 0 Å². The number of carbonyl (C=O) groups excluding carboxylic acids is 1. The molecule has 8 atom stereocenters. The number of benzene rings is 1. The highest BCUT2D eigenvalue weighted by Crippen LogP contribution is 2.68. The van der Waals surface area contributed by atoms with E-state index in [9.17, 15) is 15.0 Å². The molecule has 2 saturated heterocycles. The molecule has 1 aromatic carbocycles. The van der Waals surface area contributed by atoms with Crippen molar-refractivity contribution >= 4 is 5.78 Å². The largest absolute Gasteiger partial charge is 0.392 e. The maximum atomic E-state index is 13.3. The van der Waals surface area contributed by atoms with E-state index in [0.717, 1.165) is 11.1 Å². The summed E-state index contributed by atoms with van der Waals surface area (Å²) in [6.45, 7) is 9.87. The molecule has 2 heterocycles. The molecule has 1 saturated carbocycles. The lowest BCUT2D eigenvalue weighted by atomic mass is 9.55. The Kier molecular flexibility index (Phi) is 4.60. The van der Waals surface area contributed by atoms with Crippen molar-refractivity contribution < 1.29 is 29.2 Å². The van der Waals surface area contributed by atoms with Crippen molar-refractivity contribution in [2.45, 2.75) is 68.9 Å². The lowest BCUT2D eigenvalue weighted by molar-refractivity contribution is -0.421. The zero-order chi connectivity index (χ0) is 24.1. The maximum absolute atomic E-state index is 13.3. The zero-order valence-electron chi connectivity index (χ0n) is 19.9. The van der Waals surface area contributed by atoms with Gasteiger partial charge in [-0.15, -0.1) is 0 Å². The van der Waals surface area contributed by atoms with Crippen LogP contribution in [-0.4, -0.2) is 51.5 Å². The van der Waals surface area contributed by atoms with Gasteiger partial charge in [-0.2, -0.15) is 0 Å². The number of ketones is 1. The molecule has 0 aromatic heterocycles. The van der Waals surface area contributed by atoms with Gasteiger partial charge in [0.25, 0.3) is 5.97 Å². The second-order valence-corrected chi connectivity index (χ2v) is 11.0. The highest BCUT2D eigenvalue weighted by atomic mass is 16.9. The molecule has 1 aromatic rings. The molecule has 2 aliphatic heterocycles. The van der Waals surface area contributed by atoms with Crippen molar-refractivity contribution in [3.63, 3.8) is 0 Å². The normalized spacial score (nSPS) is 46.4. The number of hydrogen-bond donors (Lipinski definition) is 2. The van der Waals surface area contributed by atoms with E-state index in [-0.39, 0.29) is 30.6 Å². The number of fused-ring (bicyclic) bond motifs is 2. The minimum Gasteiger partial charge on any atom is -0.392 e. The van der Waals surface area contributed by atoms with E-state index >= 15 is 0 Å². The van der Waals surface area contributed by atoms with Crippen LogP contribution in [0, 0.1) is 17.8 Å². The summed E-state index contributed by atoms with van der Waals surface area (Å²) in [5.74, 6) is -2.64. The van der Waals surface area contributed by atoms with E-state index in [0.29, 0.717) is 24.0 Å². The summed E-state index contributed by atoms with van der Waals surface area (Å²) in [4.78, 5) is 13.3. The number of rotatable bonds is 4. The first-order valence-electron chi connectivity index (χ1n) is 12.1. The standard InChI is InChI=1S/C28H32O6/c1-16(2)26-12-18(4)28-21(11-20(15-29)13-25(31)22(28)10-17(3)23(25)30)24(26)32-27(33-26,34-28)14-19-8-6-5-7-9-19/h5-11,18,21-22,24,29,31H,1,12-15H2,2-4H3/t18-,21+,22+,24-,25-,26-,27-,28-/m1/s1. The molecular formula is C28H32O6. The van der Waals surface area contributed by atoms with Gasteiger partial charge in [-0.25, -0.2) is 0 Å². The first kappa shape index (κ1) is 22.4. The van der Waals surface area contributed by atoms with Crippen molar-refractivity contribution in [1.82, 2.24) is 0 Å². The summed E-state index contributed by atoms with van der Waals surface area (Å²) in [5.41, 5.74) is -0.348. The summed E-state index contributed by atoms with van der Waals surface area (Å²) in [6, 6.07) is 9.92. The number of ether oxygens (including phenoxy) is 3. The third-order valence-corrected chi connectivity index (χ3v) is 8.93. The summed E-state index contributed by atoms with van der Waals surface area (Å²) in [7, 11) is 0. The van der Waals surface area contributed by atoms with E-state index in [1.165, 1.54) is 0 Å². The van der Waals surface area contributed by atoms with Crippen LogP contribution < -0.4 is 0 Å². The van der Waals surface area contributed by atoms with Crippen LogP contribution in [-0.2, 0) is 25.4 Å². The van der Waals surface area contributed by atoms with Gasteiger partial charge in [0.15, 0.2) is 5.78 Å². The molecule has 0 unspecified atom stereocenters. The zero-order valence-corrected chi connectivity index (χ0v) is 19.9. The smallest absolute Gasteiger partial charge is 0.289 e. The molecule has 0 radical (unpaired) electrons. The first-order chi connectivity index (χ1) is 16.1. The fourth-order valence-electron chi connectivity index (χ4n) is 7.50. The van der Waals surface area contributed by atoms with E-state index in [2.05, 4.69) is 13.5 Å². The Morgan fingerprint density at radius 2 is 1.94 bits per heavy atom. The molecule has 6 nitrogen and oxygen atoms in total. The molecule has 3 fully saturated rings. The lowest BCUT2D eigenvalue weighted by Gasteiger charge is -2.59. The third-order valence-electron chi connectivity index (χ3n) is 8.93. The SMILES string of the molecule is C=C(C)[C@]12C[C@@H](C)[C@@]34O[C@](Cc5ccccc5)(O[C@@H]1[C@@H]3C=C(CO)C[C@]1(O)C(=O)C(C)=C[C@H]41)O2. The topological polar surface area (TPSA) is 85.2 Å². The Bertz CT molecular complexity index is 1140. The van der Waals surface area contributed by atoms with Crippen LogP contribution in [0.5, 0.6) is 0 Å². The summed E-state index contributed by atoms with van der Waals surface area (Å²) >= 11 is 0. The Balaban J connectivity index is 1.58. The van der Waals surface area contributed by atoms with Crippen molar-refractivity contribution in [3.05, 3.63) is 71.3 Å². The van der Waals surface area contributed by atoms with E-state index < -0.39 is 34.8 Å². The molecular weight excluding hydrogens is 432 g/mol.